The van der Waals surface area contributed by atoms with Crippen LogP contribution in [-0.4, -0.2) is 25.0 Å². The molecule has 0 spiro atoms. The maximum Gasteiger partial charge on any atom is 0.119 e. The van der Waals surface area contributed by atoms with Crippen LogP contribution in [0, 0.1) is 0 Å². The number of benzene rings is 1. The van der Waals surface area contributed by atoms with Gasteiger partial charge in [-0.2, -0.15) is 0 Å². The highest BCUT2D eigenvalue weighted by Gasteiger charge is 2.27. The predicted octanol–water partition coefficient (Wildman–Crippen LogP) is 3.10. The van der Waals surface area contributed by atoms with Crippen LogP contribution in [0.1, 0.15) is 27.2 Å². The van der Waals surface area contributed by atoms with Gasteiger partial charge >= 0.3 is 0 Å². The minimum Gasteiger partial charge on any atom is -0.497 e. The van der Waals surface area contributed by atoms with Crippen LogP contribution in [0.2, 0.25) is 0 Å². The molecule has 1 aliphatic heterocycles. The molecule has 1 aromatic carbocycles. The number of anilines is 1. The molecule has 0 amide bonds. The first kappa shape index (κ1) is 12.0. The first-order valence-corrected chi connectivity index (χ1v) is 5.99. The van der Waals surface area contributed by atoms with Gasteiger partial charge in [0.1, 0.15) is 5.75 Å². The molecular formula is C14H20N2O. The van der Waals surface area contributed by atoms with E-state index in [1.807, 2.05) is 18.5 Å². The zero-order valence-electron chi connectivity index (χ0n) is 11.0. The van der Waals surface area contributed by atoms with Gasteiger partial charge in [0.25, 0.3) is 0 Å². The number of hydrogen-bond acceptors (Lipinski definition) is 3. The van der Waals surface area contributed by atoms with Gasteiger partial charge in [-0.1, -0.05) is 0 Å². The highest BCUT2D eigenvalue weighted by molar-refractivity contribution is 5.81. The highest BCUT2D eigenvalue weighted by Crippen LogP contribution is 2.28. The quantitative estimate of drug-likeness (QED) is 0.782. The van der Waals surface area contributed by atoms with E-state index in [-0.39, 0.29) is 5.54 Å². The van der Waals surface area contributed by atoms with Gasteiger partial charge in [0.2, 0.25) is 0 Å². The molecule has 1 heterocycles. The number of hydrogen-bond donors (Lipinski definition) is 0. The van der Waals surface area contributed by atoms with Crippen molar-refractivity contribution in [2.45, 2.75) is 38.8 Å². The molecule has 0 N–H and O–H groups in total. The normalized spacial score (nSPS) is 22.6. The largest absolute Gasteiger partial charge is 0.497 e. The van der Waals surface area contributed by atoms with Gasteiger partial charge in [-0.3, -0.25) is 4.99 Å². The number of methoxy groups -OCH3 is 1. The van der Waals surface area contributed by atoms with Crippen LogP contribution in [-0.2, 0) is 0 Å². The predicted molar refractivity (Wildman–Crippen MR) is 72.1 cm³/mol. The Hall–Kier alpha value is -1.51. The molecule has 0 saturated heterocycles. The fourth-order valence-electron chi connectivity index (χ4n) is 2.28. The van der Waals surface area contributed by atoms with Crippen LogP contribution in [0.25, 0.3) is 0 Å². The second-order valence-corrected chi connectivity index (χ2v) is 5.22. The van der Waals surface area contributed by atoms with E-state index in [4.69, 9.17) is 4.74 Å². The maximum absolute atomic E-state index is 5.16. The van der Waals surface area contributed by atoms with Crippen LogP contribution >= 0.6 is 0 Å². The van der Waals surface area contributed by atoms with E-state index in [2.05, 4.69) is 42.8 Å². The van der Waals surface area contributed by atoms with Gasteiger partial charge in [0.05, 0.1) is 19.0 Å². The van der Waals surface area contributed by atoms with Crippen LogP contribution in [0.15, 0.2) is 29.3 Å². The van der Waals surface area contributed by atoms with E-state index in [9.17, 15) is 0 Å². The van der Waals surface area contributed by atoms with Gasteiger partial charge in [-0.25, -0.2) is 0 Å². The molecule has 17 heavy (non-hydrogen) atoms. The Morgan fingerprint density at radius 2 is 1.94 bits per heavy atom. The maximum atomic E-state index is 5.16. The Bertz CT molecular complexity index is 409. The van der Waals surface area contributed by atoms with Gasteiger partial charge < -0.3 is 9.64 Å². The first-order chi connectivity index (χ1) is 8.02. The molecule has 2 rings (SSSR count). The Kier molecular flexibility index (Phi) is 3.09. The molecule has 0 aliphatic carbocycles. The highest BCUT2D eigenvalue weighted by atomic mass is 16.5. The fraction of sp³-hybridized carbons (Fsp3) is 0.500. The van der Waals surface area contributed by atoms with E-state index >= 15 is 0 Å². The average Bonchev–Trinajstić information content (AvgIpc) is 2.28. The molecule has 1 aromatic rings. The van der Waals surface area contributed by atoms with Crippen molar-refractivity contribution in [2.24, 2.45) is 4.99 Å². The van der Waals surface area contributed by atoms with Crippen LogP contribution < -0.4 is 9.64 Å². The third-order valence-corrected chi connectivity index (χ3v) is 3.17. The molecule has 3 nitrogen and oxygen atoms in total. The van der Waals surface area contributed by atoms with Crippen molar-refractivity contribution in [2.75, 3.05) is 12.0 Å². The first-order valence-electron chi connectivity index (χ1n) is 5.99. The zero-order valence-corrected chi connectivity index (χ0v) is 11.0. The zero-order chi connectivity index (χ0) is 12.5. The molecule has 1 atom stereocenters. The number of ether oxygens (including phenoxy) is 1. The second kappa shape index (κ2) is 4.40. The second-order valence-electron chi connectivity index (χ2n) is 5.22. The van der Waals surface area contributed by atoms with E-state index in [1.165, 1.54) is 0 Å². The molecule has 92 valence electrons. The summed E-state index contributed by atoms with van der Waals surface area (Å²) in [6, 6.07) is 8.57. The summed E-state index contributed by atoms with van der Waals surface area (Å²) in [6.07, 6.45) is 3.02. The molecule has 0 bridgehead atoms. The third kappa shape index (κ3) is 2.60. The standard InChI is InChI=1S/C14H20N2O/c1-11-9-14(2,3)15-10-16(11)12-5-7-13(17-4)8-6-12/h5-8,10-11H,9H2,1-4H3. The van der Waals surface area contributed by atoms with Crippen molar-refractivity contribution in [3.8, 4) is 5.75 Å². The molecule has 0 fully saturated rings. The van der Waals surface area contributed by atoms with Crippen LogP contribution in [0.4, 0.5) is 5.69 Å². The Morgan fingerprint density at radius 3 is 2.47 bits per heavy atom. The average molecular weight is 232 g/mol. The molecule has 3 heteroatoms. The summed E-state index contributed by atoms with van der Waals surface area (Å²) in [5.74, 6) is 0.885. The summed E-state index contributed by atoms with van der Waals surface area (Å²) in [7, 11) is 1.68. The Morgan fingerprint density at radius 1 is 1.29 bits per heavy atom. The summed E-state index contributed by atoms with van der Waals surface area (Å²) in [6.45, 7) is 6.58. The summed E-state index contributed by atoms with van der Waals surface area (Å²) >= 11 is 0. The minimum atomic E-state index is 0.0579. The summed E-state index contributed by atoms with van der Waals surface area (Å²) in [5, 5.41) is 0. The van der Waals surface area contributed by atoms with Crippen molar-refractivity contribution in [3.63, 3.8) is 0 Å². The summed E-state index contributed by atoms with van der Waals surface area (Å²) in [5.41, 5.74) is 1.22. The fourth-order valence-corrected chi connectivity index (χ4v) is 2.28. The van der Waals surface area contributed by atoms with E-state index in [1.54, 1.807) is 7.11 Å². The Labute approximate surface area is 103 Å². The minimum absolute atomic E-state index is 0.0579. The third-order valence-electron chi connectivity index (χ3n) is 3.17. The topological polar surface area (TPSA) is 24.8 Å². The SMILES string of the molecule is COc1ccc(N2C=NC(C)(C)CC2C)cc1. The van der Waals surface area contributed by atoms with Crippen molar-refractivity contribution >= 4 is 12.0 Å². The van der Waals surface area contributed by atoms with Gasteiger partial charge in [0, 0.05) is 11.7 Å². The lowest BCUT2D eigenvalue weighted by molar-refractivity contribution is 0.414. The van der Waals surface area contributed by atoms with Gasteiger partial charge in [0.15, 0.2) is 0 Å². The number of nitrogens with zero attached hydrogens (tertiary/aromatic N) is 2. The van der Waals surface area contributed by atoms with Gasteiger partial charge in [-0.05, 0) is 51.5 Å². The molecule has 0 aromatic heterocycles. The lowest BCUT2D eigenvalue weighted by atomic mass is 9.94. The summed E-state index contributed by atoms with van der Waals surface area (Å²) < 4.78 is 5.16. The molecule has 0 saturated carbocycles. The van der Waals surface area contributed by atoms with Crippen molar-refractivity contribution in [3.05, 3.63) is 24.3 Å². The lowest BCUT2D eigenvalue weighted by Gasteiger charge is -2.37. The summed E-state index contributed by atoms with van der Waals surface area (Å²) in [4.78, 5) is 6.80. The van der Waals surface area contributed by atoms with Crippen molar-refractivity contribution < 1.29 is 4.74 Å². The molecule has 1 unspecified atom stereocenters. The Balaban J connectivity index is 2.22. The smallest absolute Gasteiger partial charge is 0.119 e. The van der Waals surface area contributed by atoms with Crippen LogP contribution in [0.3, 0.4) is 0 Å². The van der Waals surface area contributed by atoms with Gasteiger partial charge in [-0.15, -0.1) is 0 Å². The molecular weight excluding hydrogens is 212 g/mol. The monoisotopic (exact) mass is 232 g/mol. The van der Waals surface area contributed by atoms with Crippen LogP contribution in [0.5, 0.6) is 5.75 Å². The van der Waals surface area contributed by atoms with E-state index in [0.29, 0.717) is 6.04 Å². The lowest BCUT2D eigenvalue weighted by Crippen LogP contribution is -2.42. The van der Waals surface area contributed by atoms with E-state index < -0.39 is 0 Å². The van der Waals surface area contributed by atoms with Crippen molar-refractivity contribution in [1.29, 1.82) is 0 Å². The number of rotatable bonds is 2. The molecule has 0 radical (unpaired) electrons. The van der Waals surface area contributed by atoms with E-state index in [0.717, 1.165) is 17.9 Å². The molecule has 1 aliphatic rings. The van der Waals surface area contributed by atoms with Crippen molar-refractivity contribution in [1.82, 2.24) is 0 Å². The number of aliphatic imine (C=N–C) groups is 1.